The molecule has 2 saturated heterocycles. The van der Waals surface area contributed by atoms with Gasteiger partial charge < -0.3 is 20.4 Å². The third-order valence-electron chi connectivity index (χ3n) is 10.2. The minimum absolute atomic E-state index is 0.0984. The van der Waals surface area contributed by atoms with Gasteiger partial charge in [-0.2, -0.15) is 0 Å². The second-order valence-electron chi connectivity index (χ2n) is 13.7. The van der Waals surface area contributed by atoms with Gasteiger partial charge in [0.25, 0.3) is 0 Å². The first kappa shape index (κ1) is 32.0. The van der Waals surface area contributed by atoms with Crippen LogP contribution in [0, 0.1) is 13.8 Å². The van der Waals surface area contributed by atoms with Gasteiger partial charge in [0.2, 0.25) is 5.91 Å². The number of β-amino-alcohol motifs (C(OH)–C–C–N with tert-alkyl or cyclic N) is 2. The number of hydrogen-bond donors (Lipinski definition) is 3. The van der Waals surface area contributed by atoms with Gasteiger partial charge >= 0.3 is 0 Å². The Kier molecular flexibility index (Phi) is 8.63. The van der Waals surface area contributed by atoms with Crippen LogP contribution in [-0.2, 0) is 24.4 Å². The molecule has 0 radical (unpaired) electrons. The highest BCUT2D eigenvalue weighted by Gasteiger charge is 2.30. The molecule has 0 aliphatic carbocycles. The van der Waals surface area contributed by atoms with Gasteiger partial charge in [0.1, 0.15) is 10.5 Å². The number of aliphatic hydroxyl groups is 2. The molecule has 2 aromatic carbocycles. The molecular weight excluding hydrogens is 635 g/mol. The van der Waals surface area contributed by atoms with E-state index in [9.17, 15) is 15.0 Å². The molecule has 11 heteroatoms. The Morgan fingerprint density at radius 2 is 1.65 bits per heavy atom. The van der Waals surface area contributed by atoms with Crippen molar-refractivity contribution in [2.45, 2.75) is 58.5 Å². The number of thiazole rings is 1. The van der Waals surface area contributed by atoms with Gasteiger partial charge in [-0.3, -0.25) is 19.6 Å². The Morgan fingerprint density at radius 1 is 0.918 bits per heavy atom. The van der Waals surface area contributed by atoms with E-state index in [1.165, 1.54) is 5.56 Å². The second kappa shape index (κ2) is 13.2. The second-order valence-corrected chi connectivity index (χ2v) is 14.7. The van der Waals surface area contributed by atoms with Crippen LogP contribution in [-0.4, -0.2) is 90.7 Å². The monoisotopic (exact) mass is 675 g/mol. The molecule has 2 atom stereocenters. The summed E-state index contributed by atoms with van der Waals surface area (Å²) in [5, 5.41) is 25.3. The maximum Gasteiger partial charge on any atom is 0.237 e. The summed E-state index contributed by atoms with van der Waals surface area (Å²) in [6, 6.07) is 16.9. The van der Waals surface area contributed by atoms with Crippen molar-refractivity contribution in [1.29, 1.82) is 0 Å². The van der Waals surface area contributed by atoms with Crippen LogP contribution in [0.25, 0.3) is 32.6 Å². The minimum Gasteiger partial charge on any atom is -0.392 e. The van der Waals surface area contributed by atoms with Crippen LogP contribution >= 0.6 is 11.3 Å². The number of amides is 1. The lowest BCUT2D eigenvalue weighted by Crippen LogP contribution is -2.37. The zero-order valence-corrected chi connectivity index (χ0v) is 28.7. The van der Waals surface area contributed by atoms with Crippen LogP contribution in [0.3, 0.4) is 0 Å². The Hall–Kier alpha value is -4.26. The van der Waals surface area contributed by atoms with Crippen LogP contribution < -0.4 is 5.32 Å². The van der Waals surface area contributed by atoms with Gasteiger partial charge in [0, 0.05) is 66.6 Å². The van der Waals surface area contributed by atoms with E-state index < -0.39 is 0 Å². The summed E-state index contributed by atoms with van der Waals surface area (Å²) < 4.78 is 0. The van der Waals surface area contributed by atoms with Crippen LogP contribution in [0.5, 0.6) is 0 Å². The summed E-state index contributed by atoms with van der Waals surface area (Å²) in [7, 11) is 0. The number of benzene rings is 2. The van der Waals surface area contributed by atoms with E-state index in [0.29, 0.717) is 38.5 Å². The predicted octanol–water partition coefficient (Wildman–Crippen LogP) is 5.26. The van der Waals surface area contributed by atoms with E-state index in [1.807, 2.05) is 28.3 Å². The summed E-state index contributed by atoms with van der Waals surface area (Å²) in [6.45, 7) is 9.50. The first-order chi connectivity index (χ1) is 23.8. The third-order valence-corrected chi connectivity index (χ3v) is 11.3. The fourth-order valence-electron chi connectivity index (χ4n) is 7.43. The number of likely N-dealkylation sites (tertiary alicyclic amines) is 2. The topological polar surface area (TPSA) is 118 Å². The fourth-order valence-corrected chi connectivity index (χ4v) is 8.59. The number of fused-ring (bicyclic) bond motifs is 2. The van der Waals surface area contributed by atoms with Gasteiger partial charge in [-0.1, -0.05) is 30.3 Å². The molecule has 0 spiro atoms. The lowest BCUT2D eigenvalue weighted by atomic mass is 9.93. The zero-order chi connectivity index (χ0) is 33.6. The average Bonchev–Trinajstić information content (AvgIpc) is 3.88. The largest absolute Gasteiger partial charge is 0.392 e. The zero-order valence-electron chi connectivity index (χ0n) is 27.9. The van der Waals surface area contributed by atoms with Crippen molar-refractivity contribution in [2.75, 3.05) is 38.0 Å². The molecule has 0 bridgehead atoms. The molecule has 10 nitrogen and oxygen atoms in total. The summed E-state index contributed by atoms with van der Waals surface area (Å²) in [6.07, 6.45) is 4.73. The molecule has 3 aliphatic rings. The van der Waals surface area contributed by atoms with E-state index in [1.54, 1.807) is 11.3 Å². The molecule has 1 amide bonds. The van der Waals surface area contributed by atoms with Gasteiger partial charge in [-0.25, -0.2) is 9.97 Å². The first-order valence-corrected chi connectivity index (χ1v) is 17.9. The van der Waals surface area contributed by atoms with Crippen LogP contribution in [0.4, 0.5) is 11.5 Å². The van der Waals surface area contributed by atoms with Crippen LogP contribution in [0.15, 0.2) is 60.9 Å². The number of pyridine rings is 2. The number of nitrogens with one attached hydrogen (secondary N) is 1. The molecular formula is C38H41N7O3S. The minimum atomic E-state index is -0.325. The highest BCUT2D eigenvalue weighted by atomic mass is 32.1. The molecule has 0 saturated carbocycles. The number of aliphatic hydroxyl groups excluding tert-OH is 2. The lowest BCUT2D eigenvalue weighted by molar-refractivity contribution is -0.132. The van der Waals surface area contributed by atoms with E-state index >= 15 is 0 Å². The average molecular weight is 676 g/mol. The van der Waals surface area contributed by atoms with Crippen molar-refractivity contribution >= 4 is 39.7 Å². The molecule has 3 aliphatic heterocycles. The SMILES string of the molecule is Cc1c(Nc2nccc3cc(CN4CC[C@@H](O)C4)cnc23)cccc1-c1cccc(-c2nc3c(s2)CN(C(=O)CN2CC[C@@H](O)C2)C3)c1C. The number of hydrogen-bond acceptors (Lipinski definition) is 10. The normalized spacial score (nSPS) is 19.6. The Morgan fingerprint density at radius 3 is 2.41 bits per heavy atom. The molecule has 8 rings (SSSR count). The maximum atomic E-state index is 13.0. The van der Waals surface area contributed by atoms with E-state index in [2.05, 4.69) is 71.5 Å². The summed E-state index contributed by atoms with van der Waals surface area (Å²) in [5.74, 6) is 0.815. The van der Waals surface area contributed by atoms with Crippen molar-refractivity contribution in [1.82, 2.24) is 29.7 Å². The van der Waals surface area contributed by atoms with Crippen LogP contribution in [0.2, 0.25) is 0 Å². The van der Waals surface area contributed by atoms with Crippen molar-refractivity contribution in [3.8, 4) is 21.7 Å². The van der Waals surface area contributed by atoms with Crippen molar-refractivity contribution in [2.24, 2.45) is 0 Å². The quantitative estimate of drug-likeness (QED) is 0.203. The molecule has 3 N–H and O–H groups in total. The highest BCUT2D eigenvalue weighted by Crippen LogP contribution is 2.40. The number of carbonyl (C=O) groups is 1. The molecule has 2 fully saturated rings. The van der Waals surface area contributed by atoms with Crippen molar-refractivity contribution in [3.05, 3.63) is 88.2 Å². The van der Waals surface area contributed by atoms with Crippen LogP contribution in [0.1, 0.15) is 40.1 Å². The van der Waals surface area contributed by atoms with E-state index in [0.717, 1.165) is 92.5 Å². The molecule has 3 aromatic heterocycles. The Balaban J connectivity index is 1.00. The van der Waals surface area contributed by atoms with Crippen molar-refractivity contribution < 1.29 is 15.0 Å². The summed E-state index contributed by atoms with van der Waals surface area (Å²) in [5.41, 5.74) is 9.59. The first-order valence-electron chi connectivity index (χ1n) is 17.1. The fraction of sp³-hybridized carbons (Fsp3) is 0.368. The van der Waals surface area contributed by atoms with Gasteiger partial charge in [0.15, 0.2) is 5.82 Å². The lowest BCUT2D eigenvalue weighted by Gasteiger charge is -2.20. The molecule has 6 heterocycles. The van der Waals surface area contributed by atoms with Gasteiger partial charge in [-0.15, -0.1) is 11.3 Å². The number of aromatic nitrogens is 3. The van der Waals surface area contributed by atoms with Crippen molar-refractivity contribution in [3.63, 3.8) is 0 Å². The summed E-state index contributed by atoms with van der Waals surface area (Å²) in [4.78, 5) is 34.8. The Labute approximate surface area is 290 Å². The third kappa shape index (κ3) is 6.44. The molecule has 252 valence electrons. The standard InChI is InChI=1S/C38H41N7O3S/c1-23-29(5-3-7-31(23)38-42-33-20-45(21-34(33)49-38)35(48)22-44-14-11-28(47)19-44)30-6-4-8-32(24(30)2)41-37-36-26(9-12-39-37)15-25(16-40-36)17-43-13-10-27(46)18-43/h3-9,12,15-16,27-28,46-47H,10-11,13-14,17-22H2,1-2H3,(H,39,41)/t27-,28-/m1/s1. The number of nitrogens with zero attached hydrogens (tertiary/aromatic N) is 6. The molecule has 0 unspecified atom stereocenters. The number of anilines is 2. The number of carbonyl (C=O) groups excluding carboxylic acids is 1. The van der Waals surface area contributed by atoms with Gasteiger partial charge in [0.05, 0.1) is 37.5 Å². The number of rotatable bonds is 8. The Bertz CT molecular complexity index is 2020. The van der Waals surface area contributed by atoms with Gasteiger partial charge in [-0.05, 0) is 72.7 Å². The molecule has 5 aromatic rings. The maximum absolute atomic E-state index is 13.0. The highest BCUT2D eigenvalue weighted by molar-refractivity contribution is 7.15. The van der Waals surface area contributed by atoms with E-state index in [4.69, 9.17) is 9.97 Å². The molecule has 49 heavy (non-hydrogen) atoms. The predicted molar refractivity (Wildman–Crippen MR) is 192 cm³/mol. The van der Waals surface area contributed by atoms with E-state index in [-0.39, 0.29) is 18.1 Å². The summed E-state index contributed by atoms with van der Waals surface area (Å²) >= 11 is 1.68. The smallest absolute Gasteiger partial charge is 0.237 e.